The first kappa shape index (κ1) is 11.6. The van der Waals surface area contributed by atoms with E-state index in [1.54, 1.807) is 10.9 Å². The smallest absolute Gasteiger partial charge is 0.126 e. The molecule has 0 spiro atoms. The van der Waals surface area contributed by atoms with Gasteiger partial charge < -0.3 is 11.1 Å². The molecule has 0 bridgehead atoms. The Labute approximate surface area is 101 Å². The first-order chi connectivity index (χ1) is 8.20. The van der Waals surface area contributed by atoms with Crippen LogP contribution in [0.5, 0.6) is 0 Å². The van der Waals surface area contributed by atoms with E-state index in [1.165, 1.54) is 0 Å². The highest BCUT2D eigenvalue weighted by atomic mass is 15.2. The van der Waals surface area contributed by atoms with Crippen molar-refractivity contribution in [3.05, 3.63) is 41.9 Å². The molecule has 2 aromatic heterocycles. The molecule has 1 unspecified atom stereocenters. The minimum atomic E-state index is 0.204. The summed E-state index contributed by atoms with van der Waals surface area (Å²) in [5.41, 5.74) is 8.05. The topological polar surface area (TPSA) is 68.8 Å². The Balaban J connectivity index is 2.18. The summed E-state index contributed by atoms with van der Waals surface area (Å²) in [6, 6.07) is 4.11. The highest BCUT2D eigenvalue weighted by Crippen LogP contribution is 2.19. The van der Waals surface area contributed by atoms with Crippen molar-refractivity contribution in [3.8, 4) is 0 Å². The maximum atomic E-state index is 5.85. The molecule has 0 aliphatic heterocycles. The third kappa shape index (κ3) is 2.62. The van der Waals surface area contributed by atoms with Crippen LogP contribution in [0.3, 0.4) is 0 Å². The molecule has 0 amide bonds. The van der Waals surface area contributed by atoms with Gasteiger partial charge in [0, 0.05) is 31.0 Å². The Morgan fingerprint density at radius 3 is 2.94 bits per heavy atom. The molecule has 90 valence electrons. The van der Waals surface area contributed by atoms with Crippen LogP contribution in [0.4, 0.5) is 5.82 Å². The van der Waals surface area contributed by atoms with Gasteiger partial charge in [0.15, 0.2) is 0 Å². The minimum Gasteiger partial charge on any atom is -0.383 e. The molecule has 17 heavy (non-hydrogen) atoms. The van der Waals surface area contributed by atoms with E-state index in [1.807, 2.05) is 38.6 Å². The zero-order chi connectivity index (χ0) is 12.3. The fourth-order valence-electron chi connectivity index (χ4n) is 1.85. The average molecular weight is 231 g/mol. The van der Waals surface area contributed by atoms with Gasteiger partial charge in [0.2, 0.25) is 0 Å². The minimum absolute atomic E-state index is 0.204. The second-order valence-electron chi connectivity index (χ2n) is 4.04. The highest BCUT2D eigenvalue weighted by Gasteiger charge is 2.13. The largest absolute Gasteiger partial charge is 0.383 e. The second-order valence-corrected chi connectivity index (χ2v) is 4.04. The number of hydrogen-bond acceptors (Lipinski definition) is 4. The second kappa shape index (κ2) is 4.97. The van der Waals surface area contributed by atoms with Crippen LogP contribution in [0.1, 0.15) is 17.2 Å². The van der Waals surface area contributed by atoms with Gasteiger partial charge >= 0.3 is 0 Å². The predicted octanol–water partition coefficient (Wildman–Crippen LogP) is 0.900. The number of pyridine rings is 1. The van der Waals surface area contributed by atoms with E-state index in [0.29, 0.717) is 5.82 Å². The third-order valence-corrected chi connectivity index (χ3v) is 2.83. The van der Waals surface area contributed by atoms with Gasteiger partial charge in [-0.25, -0.2) is 4.98 Å². The quantitative estimate of drug-likeness (QED) is 0.820. The molecule has 0 fully saturated rings. The van der Waals surface area contributed by atoms with Crippen molar-refractivity contribution < 1.29 is 0 Å². The lowest BCUT2D eigenvalue weighted by Crippen LogP contribution is -2.19. The summed E-state index contributed by atoms with van der Waals surface area (Å²) in [6.45, 7) is 0. The van der Waals surface area contributed by atoms with Crippen LogP contribution in [0.25, 0.3) is 0 Å². The van der Waals surface area contributed by atoms with Gasteiger partial charge in [-0.1, -0.05) is 6.07 Å². The molecule has 0 aromatic carbocycles. The average Bonchev–Trinajstić information content (AvgIpc) is 2.75. The number of rotatable bonds is 4. The summed E-state index contributed by atoms with van der Waals surface area (Å²) >= 11 is 0. The SMILES string of the molecule is CNC(Cc1cccnc1N)c1cnn(C)c1. The van der Waals surface area contributed by atoms with Crippen molar-refractivity contribution in [1.29, 1.82) is 0 Å². The molecule has 0 radical (unpaired) electrons. The van der Waals surface area contributed by atoms with Crippen LogP contribution in [-0.4, -0.2) is 21.8 Å². The van der Waals surface area contributed by atoms with Gasteiger partial charge in [-0.05, 0) is 25.1 Å². The summed E-state index contributed by atoms with van der Waals surface area (Å²) < 4.78 is 1.80. The van der Waals surface area contributed by atoms with E-state index >= 15 is 0 Å². The molecular formula is C12H17N5. The van der Waals surface area contributed by atoms with Gasteiger partial charge in [0.25, 0.3) is 0 Å². The van der Waals surface area contributed by atoms with Crippen LogP contribution < -0.4 is 11.1 Å². The number of anilines is 1. The van der Waals surface area contributed by atoms with Crippen LogP contribution in [0, 0.1) is 0 Å². The summed E-state index contributed by atoms with van der Waals surface area (Å²) in [5, 5.41) is 7.45. The Kier molecular flexibility index (Phi) is 3.39. The molecule has 1 atom stereocenters. The van der Waals surface area contributed by atoms with Gasteiger partial charge in [-0.2, -0.15) is 5.10 Å². The number of aromatic nitrogens is 3. The van der Waals surface area contributed by atoms with Crippen LogP contribution >= 0.6 is 0 Å². The fourth-order valence-corrected chi connectivity index (χ4v) is 1.85. The molecule has 5 nitrogen and oxygen atoms in total. The molecule has 3 N–H and O–H groups in total. The van der Waals surface area contributed by atoms with Crippen LogP contribution in [-0.2, 0) is 13.5 Å². The number of nitrogens with zero attached hydrogens (tertiary/aromatic N) is 3. The van der Waals surface area contributed by atoms with Crippen LogP contribution in [0.2, 0.25) is 0 Å². The molecule has 0 aliphatic rings. The standard InChI is InChI=1S/C12H17N5/c1-14-11(10-7-16-17(2)8-10)6-9-4-3-5-15-12(9)13/h3-5,7-8,11,14H,6H2,1-2H3,(H2,13,15). The monoisotopic (exact) mass is 231 g/mol. The summed E-state index contributed by atoms with van der Waals surface area (Å²) in [7, 11) is 3.85. The summed E-state index contributed by atoms with van der Waals surface area (Å²) in [5.74, 6) is 0.594. The molecular weight excluding hydrogens is 214 g/mol. The lowest BCUT2D eigenvalue weighted by atomic mass is 10.0. The third-order valence-electron chi connectivity index (χ3n) is 2.83. The van der Waals surface area contributed by atoms with E-state index in [9.17, 15) is 0 Å². The number of aryl methyl sites for hydroxylation is 1. The first-order valence-corrected chi connectivity index (χ1v) is 5.56. The lowest BCUT2D eigenvalue weighted by molar-refractivity contribution is 0.591. The van der Waals surface area contributed by atoms with Gasteiger partial charge in [-0.15, -0.1) is 0 Å². The Morgan fingerprint density at radius 2 is 2.35 bits per heavy atom. The van der Waals surface area contributed by atoms with Gasteiger partial charge in [-0.3, -0.25) is 4.68 Å². The first-order valence-electron chi connectivity index (χ1n) is 5.56. The number of nitrogens with one attached hydrogen (secondary N) is 1. The molecule has 5 heteroatoms. The Bertz CT molecular complexity index is 491. The van der Waals surface area contributed by atoms with Crippen molar-refractivity contribution in [2.75, 3.05) is 12.8 Å². The normalized spacial score (nSPS) is 12.6. The zero-order valence-electron chi connectivity index (χ0n) is 10.1. The Hall–Kier alpha value is -1.88. The number of hydrogen-bond donors (Lipinski definition) is 2. The number of nitrogen functional groups attached to an aromatic ring is 1. The molecule has 2 rings (SSSR count). The zero-order valence-corrected chi connectivity index (χ0v) is 10.1. The van der Waals surface area contributed by atoms with Gasteiger partial charge in [0.05, 0.1) is 6.20 Å². The van der Waals surface area contributed by atoms with Crippen molar-refractivity contribution in [3.63, 3.8) is 0 Å². The van der Waals surface area contributed by atoms with E-state index < -0.39 is 0 Å². The maximum Gasteiger partial charge on any atom is 0.126 e. The summed E-state index contributed by atoms with van der Waals surface area (Å²) in [6.07, 6.45) is 6.39. The van der Waals surface area contributed by atoms with E-state index in [-0.39, 0.29) is 6.04 Å². The number of likely N-dealkylation sites (N-methyl/N-ethyl adjacent to an activating group) is 1. The van der Waals surface area contributed by atoms with E-state index in [2.05, 4.69) is 15.4 Å². The van der Waals surface area contributed by atoms with Crippen molar-refractivity contribution >= 4 is 5.82 Å². The van der Waals surface area contributed by atoms with E-state index in [4.69, 9.17) is 5.73 Å². The summed E-state index contributed by atoms with van der Waals surface area (Å²) in [4.78, 5) is 4.09. The van der Waals surface area contributed by atoms with Crippen molar-refractivity contribution in [2.24, 2.45) is 7.05 Å². The fraction of sp³-hybridized carbons (Fsp3) is 0.333. The molecule has 2 aromatic rings. The van der Waals surface area contributed by atoms with E-state index in [0.717, 1.165) is 17.5 Å². The highest BCUT2D eigenvalue weighted by molar-refractivity contribution is 5.39. The number of nitrogens with two attached hydrogens (primary N) is 1. The predicted molar refractivity (Wildman–Crippen MR) is 67.4 cm³/mol. The maximum absolute atomic E-state index is 5.85. The van der Waals surface area contributed by atoms with Crippen molar-refractivity contribution in [2.45, 2.75) is 12.5 Å². The van der Waals surface area contributed by atoms with Crippen molar-refractivity contribution in [1.82, 2.24) is 20.1 Å². The molecule has 2 heterocycles. The van der Waals surface area contributed by atoms with Crippen LogP contribution in [0.15, 0.2) is 30.7 Å². The Morgan fingerprint density at radius 1 is 1.53 bits per heavy atom. The lowest BCUT2D eigenvalue weighted by Gasteiger charge is -2.15. The molecule has 0 saturated heterocycles. The molecule has 0 aliphatic carbocycles. The van der Waals surface area contributed by atoms with Gasteiger partial charge in [0.1, 0.15) is 5.82 Å². The molecule has 0 saturated carbocycles.